The summed E-state index contributed by atoms with van der Waals surface area (Å²) in [4.78, 5) is 4.22. The highest BCUT2D eigenvalue weighted by Crippen LogP contribution is 2.14. The van der Waals surface area contributed by atoms with E-state index in [0.29, 0.717) is 12.7 Å². The Morgan fingerprint density at radius 3 is 2.82 bits per heavy atom. The van der Waals surface area contributed by atoms with E-state index >= 15 is 0 Å². The van der Waals surface area contributed by atoms with Crippen molar-refractivity contribution < 1.29 is 9.47 Å². The van der Waals surface area contributed by atoms with Crippen LogP contribution in [0.4, 0.5) is 0 Å². The Morgan fingerprint density at radius 2 is 2.09 bits per heavy atom. The topological polar surface area (TPSA) is 54.9 Å². The summed E-state index contributed by atoms with van der Waals surface area (Å²) < 4.78 is 11.3. The van der Waals surface area contributed by atoms with Crippen molar-refractivity contribution in [2.24, 2.45) is 4.99 Å². The summed E-state index contributed by atoms with van der Waals surface area (Å²) in [5, 5.41) is 6.62. The van der Waals surface area contributed by atoms with Gasteiger partial charge in [0.2, 0.25) is 0 Å². The Balaban J connectivity index is 1.50. The molecule has 5 nitrogen and oxygen atoms in total. The normalized spacial score (nSPS) is 18.2. The standard InChI is InChI=1S/C17H27N3O2/c1-18-17(20-12-10-16-9-5-13-21-16)19-11-6-14-22-15-7-3-2-4-8-15/h2-4,7-8,16H,5-6,9-14H2,1H3,(H2,18,19,20). The molecule has 0 bridgehead atoms. The van der Waals surface area contributed by atoms with Crippen LogP contribution in [0.5, 0.6) is 5.75 Å². The zero-order valence-electron chi connectivity index (χ0n) is 13.4. The molecule has 2 rings (SSSR count). The van der Waals surface area contributed by atoms with E-state index < -0.39 is 0 Å². The van der Waals surface area contributed by atoms with Crippen LogP contribution in [0.15, 0.2) is 35.3 Å². The monoisotopic (exact) mass is 305 g/mol. The molecule has 122 valence electrons. The number of aliphatic imine (C=N–C) groups is 1. The van der Waals surface area contributed by atoms with Gasteiger partial charge < -0.3 is 20.1 Å². The average Bonchev–Trinajstić information content (AvgIpc) is 3.07. The number of hydrogen-bond acceptors (Lipinski definition) is 3. The number of nitrogens with zero attached hydrogens (tertiary/aromatic N) is 1. The molecule has 0 saturated carbocycles. The third-order valence-electron chi connectivity index (χ3n) is 3.63. The molecule has 0 radical (unpaired) electrons. The van der Waals surface area contributed by atoms with Gasteiger partial charge in [-0.15, -0.1) is 0 Å². The largest absolute Gasteiger partial charge is 0.494 e. The minimum atomic E-state index is 0.421. The van der Waals surface area contributed by atoms with Gasteiger partial charge in [0.15, 0.2) is 5.96 Å². The highest BCUT2D eigenvalue weighted by molar-refractivity contribution is 5.79. The van der Waals surface area contributed by atoms with Crippen molar-refractivity contribution in [3.05, 3.63) is 30.3 Å². The molecule has 22 heavy (non-hydrogen) atoms. The molecular formula is C17H27N3O2. The lowest BCUT2D eigenvalue weighted by Gasteiger charge is -2.14. The van der Waals surface area contributed by atoms with Crippen LogP contribution in [0.2, 0.25) is 0 Å². The number of guanidine groups is 1. The van der Waals surface area contributed by atoms with E-state index in [1.807, 2.05) is 30.3 Å². The van der Waals surface area contributed by atoms with Gasteiger partial charge in [-0.05, 0) is 37.8 Å². The Kier molecular flexibility index (Phi) is 7.60. The summed E-state index contributed by atoms with van der Waals surface area (Å²) >= 11 is 0. The minimum absolute atomic E-state index is 0.421. The van der Waals surface area contributed by atoms with Gasteiger partial charge in [-0.2, -0.15) is 0 Å². The van der Waals surface area contributed by atoms with Gasteiger partial charge >= 0.3 is 0 Å². The van der Waals surface area contributed by atoms with E-state index in [2.05, 4.69) is 15.6 Å². The number of benzene rings is 1. The van der Waals surface area contributed by atoms with Crippen molar-refractivity contribution >= 4 is 5.96 Å². The van der Waals surface area contributed by atoms with Crippen LogP contribution in [0.1, 0.15) is 25.7 Å². The van der Waals surface area contributed by atoms with E-state index in [0.717, 1.165) is 44.2 Å². The maximum absolute atomic E-state index is 5.65. The third kappa shape index (κ3) is 6.35. The van der Waals surface area contributed by atoms with Crippen LogP contribution in [-0.4, -0.2) is 45.4 Å². The number of nitrogens with one attached hydrogen (secondary N) is 2. The predicted molar refractivity (Wildman–Crippen MR) is 89.5 cm³/mol. The molecule has 1 aromatic carbocycles. The Labute approximate surface area is 133 Å². The van der Waals surface area contributed by atoms with Crippen molar-refractivity contribution in [3.63, 3.8) is 0 Å². The van der Waals surface area contributed by atoms with Crippen LogP contribution >= 0.6 is 0 Å². The molecule has 1 heterocycles. The molecule has 0 aromatic heterocycles. The molecule has 0 aliphatic carbocycles. The van der Waals surface area contributed by atoms with Crippen molar-refractivity contribution in [1.29, 1.82) is 0 Å². The maximum atomic E-state index is 5.65. The Hall–Kier alpha value is -1.75. The summed E-state index contributed by atoms with van der Waals surface area (Å²) in [6.07, 6.45) is 4.77. The second kappa shape index (κ2) is 10.1. The van der Waals surface area contributed by atoms with E-state index in [1.54, 1.807) is 7.05 Å². The molecule has 0 amide bonds. The fourth-order valence-corrected chi connectivity index (χ4v) is 2.43. The van der Waals surface area contributed by atoms with Gasteiger partial charge in [-0.25, -0.2) is 0 Å². The summed E-state index contributed by atoms with van der Waals surface area (Å²) in [6.45, 7) is 3.35. The van der Waals surface area contributed by atoms with E-state index in [4.69, 9.17) is 9.47 Å². The molecule has 1 aliphatic heterocycles. The van der Waals surface area contributed by atoms with Crippen molar-refractivity contribution in [2.75, 3.05) is 33.4 Å². The zero-order chi connectivity index (χ0) is 15.5. The van der Waals surface area contributed by atoms with Crippen LogP contribution in [0, 0.1) is 0 Å². The average molecular weight is 305 g/mol. The van der Waals surface area contributed by atoms with Crippen LogP contribution in [0.3, 0.4) is 0 Å². The second-order valence-corrected chi connectivity index (χ2v) is 5.36. The van der Waals surface area contributed by atoms with Crippen molar-refractivity contribution in [1.82, 2.24) is 10.6 Å². The SMILES string of the molecule is CN=C(NCCCOc1ccccc1)NCCC1CCCO1. The lowest BCUT2D eigenvalue weighted by atomic mass is 10.2. The fourth-order valence-electron chi connectivity index (χ4n) is 2.43. The van der Waals surface area contributed by atoms with E-state index in [9.17, 15) is 0 Å². The molecule has 1 saturated heterocycles. The Bertz CT molecular complexity index is 431. The molecule has 2 N–H and O–H groups in total. The number of rotatable bonds is 8. The summed E-state index contributed by atoms with van der Waals surface area (Å²) in [5.41, 5.74) is 0. The Morgan fingerprint density at radius 1 is 1.27 bits per heavy atom. The first-order valence-corrected chi connectivity index (χ1v) is 8.12. The molecule has 1 fully saturated rings. The first kappa shape index (κ1) is 16.6. The molecule has 1 unspecified atom stereocenters. The van der Waals surface area contributed by atoms with Gasteiger partial charge in [0, 0.05) is 26.7 Å². The molecule has 1 atom stereocenters. The first-order chi connectivity index (χ1) is 10.9. The number of para-hydroxylation sites is 1. The van der Waals surface area contributed by atoms with Crippen LogP contribution in [-0.2, 0) is 4.74 Å². The van der Waals surface area contributed by atoms with Crippen molar-refractivity contribution in [2.45, 2.75) is 31.8 Å². The molecule has 1 aliphatic rings. The summed E-state index contributed by atoms with van der Waals surface area (Å²) in [5.74, 6) is 1.76. The lowest BCUT2D eigenvalue weighted by Crippen LogP contribution is -2.39. The van der Waals surface area contributed by atoms with Gasteiger partial charge in [0.25, 0.3) is 0 Å². The quantitative estimate of drug-likeness (QED) is 0.439. The van der Waals surface area contributed by atoms with Crippen LogP contribution < -0.4 is 15.4 Å². The highest BCUT2D eigenvalue weighted by atomic mass is 16.5. The smallest absolute Gasteiger partial charge is 0.190 e. The lowest BCUT2D eigenvalue weighted by molar-refractivity contribution is 0.105. The fraction of sp³-hybridized carbons (Fsp3) is 0.588. The zero-order valence-corrected chi connectivity index (χ0v) is 13.4. The number of ether oxygens (including phenoxy) is 2. The number of hydrogen-bond donors (Lipinski definition) is 2. The first-order valence-electron chi connectivity index (χ1n) is 8.12. The highest BCUT2D eigenvalue weighted by Gasteiger charge is 2.14. The van der Waals surface area contributed by atoms with Gasteiger partial charge in [-0.3, -0.25) is 4.99 Å². The molecule has 0 spiro atoms. The predicted octanol–water partition coefficient (Wildman–Crippen LogP) is 2.19. The summed E-state index contributed by atoms with van der Waals surface area (Å²) in [7, 11) is 1.79. The molecule has 5 heteroatoms. The van der Waals surface area contributed by atoms with Crippen LogP contribution in [0.25, 0.3) is 0 Å². The van der Waals surface area contributed by atoms with Gasteiger partial charge in [-0.1, -0.05) is 18.2 Å². The molecular weight excluding hydrogens is 278 g/mol. The maximum Gasteiger partial charge on any atom is 0.190 e. The van der Waals surface area contributed by atoms with E-state index in [1.165, 1.54) is 12.8 Å². The minimum Gasteiger partial charge on any atom is -0.494 e. The van der Waals surface area contributed by atoms with E-state index in [-0.39, 0.29) is 0 Å². The van der Waals surface area contributed by atoms with Gasteiger partial charge in [0.1, 0.15) is 5.75 Å². The van der Waals surface area contributed by atoms with Gasteiger partial charge in [0.05, 0.1) is 12.7 Å². The molecule has 1 aromatic rings. The summed E-state index contributed by atoms with van der Waals surface area (Å²) in [6, 6.07) is 9.89. The third-order valence-corrected chi connectivity index (χ3v) is 3.63. The second-order valence-electron chi connectivity index (χ2n) is 5.36. The van der Waals surface area contributed by atoms with Crippen molar-refractivity contribution in [3.8, 4) is 5.75 Å².